The molecule has 0 aromatic rings. The molecule has 0 aliphatic carbocycles. The van der Waals surface area contributed by atoms with Gasteiger partial charge in [0.1, 0.15) is 0 Å². The van der Waals surface area contributed by atoms with Crippen LogP contribution in [0.1, 0.15) is 0 Å². The molecule has 0 unspecified atom stereocenters. The summed E-state index contributed by atoms with van der Waals surface area (Å²) in [6, 6.07) is 0. The number of hydrogen-bond donors (Lipinski definition) is 0. The van der Waals surface area contributed by atoms with Crippen molar-refractivity contribution in [3.8, 4) is 0 Å². The third-order valence-corrected chi connectivity index (χ3v) is 2.08. The van der Waals surface area contributed by atoms with Crippen molar-refractivity contribution in [3.63, 3.8) is 0 Å². The second kappa shape index (κ2) is 4.79. The Bertz CT molecular complexity index is 56.0. The summed E-state index contributed by atoms with van der Waals surface area (Å²) >= 11 is 0. The summed E-state index contributed by atoms with van der Waals surface area (Å²) in [5.41, 5.74) is 0. The Morgan fingerprint density at radius 3 is 2.40 bits per heavy atom. The predicted molar refractivity (Wildman–Crippen MR) is 31.4 cm³/mol. The molecule has 0 amide bonds. The average molecular weight is 103 g/mol. The van der Waals surface area contributed by atoms with Gasteiger partial charge in [0, 0.05) is 0 Å². The van der Waals surface area contributed by atoms with Gasteiger partial charge < -0.3 is 0 Å². The van der Waals surface area contributed by atoms with Crippen LogP contribution in [0.2, 0.25) is 6.82 Å². The molecule has 0 saturated heterocycles. The fourth-order valence-corrected chi connectivity index (χ4v) is 1.04. The van der Waals surface area contributed by atoms with Crippen LogP contribution >= 0.6 is 15.2 Å². The average Bonchev–Trinajstić information content (AvgIpc) is 1.41. The molecule has 0 rings (SSSR count). The van der Waals surface area contributed by atoms with Gasteiger partial charge in [-0.15, -0.1) is 0 Å². The van der Waals surface area contributed by atoms with E-state index in [-0.39, 0.29) is 0 Å². The van der Waals surface area contributed by atoms with Gasteiger partial charge in [0.25, 0.3) is 0 Å². The van der Waals surface area contributed by atoms with Crippen LogP contribution in [0.3, 0.4) is 0 Å². The second-order valence-electron chi connectivity index (χ2n) is 0.574. The zero-order chi connectivity index (χ0) is 4.12. The Labute approximate surface area is 36.2 Å². The molecular weight excluding hydrogens is 96.8 g/mol. The van der Waals surface area contributed by atoms with Gasteiger partial charge in [-0.25, -0.2) is 0 Å². The first kappa shape index (κ1) is 5.79. The molecule has 0 spiro atoms. The Kier molecular flexibility index (Phi) is 5.56. The molecule has 0 fully saturated rings. The van der Waals surface area contributed by atoms with Crippen LogP contribution < -0.4 is 0 Å². The van der Waals surface area contributed by atoms with E-state index < -0.39 is 0 Å². The summed E-state index contributed by atoms with van der Waals surface area (Å²) in [5.74, 6) is 0. The monoisotopic (exact) mass is 103 g/mol. The number of hydrogen-bond acceptors (Lipinski definition) is 0. The van der Waals surface area contributed by atoms with Crippen LogP contribution in [0.15, 0.2) is 0 Å². The Morgan fingerprint density at radius 1 is 1.80 bits per heavy atom. The van der Waals surface area contributed by atoms with Gasteiger partial charge >= 0.3 is 35.3 Å². The molecule has 0 bridgehead atoms. The van der Waals surface area contributed by atoms with E-state index in [0.717, 1.165) is 0 Å². The predicted octanol–water partition coefficient (Wildman–Crippen LogP) is 2.09. The van der Waals surface area contributed by atoms with E-state index in [9.17, 15) is 0 Å². The van der Waals surface area contributed by atoms with E-state index in [0.29, 0.717) is 0 Å². The molecule has 0 atom stereocenters. The molecule has 0 N–H and O–H groups in total. The maximum atomic E-state index is 2.14. The van der Waals surface area contributed by atoms with E-state index in [1.54, 1.807) is 0 Å². The zero-order valence-electron chi connectivity index (χ0n) is 3.47. The molecular formula is C2H6BP2+. The first-order valence-electron chi connectivity index (χ1n) is 1.48. The van der Waals surface area contributed by atoms with Gasteiger partial charge in [-0.1, -0.05) is 0 Å². The summed E-state index contributed by atoms with van der Waals surface area (Å²) in [4.78, 5) is 0. The van der Waals surface area contributed by atoms with E-state index in [4.69, 9.17) is 0 Å². The standard InChI is InChI=1S/C2H6BP2/c1-3-5-4-2/h1-2H3/q+1. The normalized spacial score (nSPS) is 6.80. The molecule has 5 heavy (non-hydrogen) atoms. The SMILES string of the molecule is CB=[P+]=PC. The van der Waals surface area contributed by atoms with Crippen molar-refractivity contribution in [1.82, 2.24) is 0 Å². The minimum absolute atomic E-state index is 1.43. The van der Waals surface area contributed by atoms with Crippen molar-refractivity contribution in [2.45, 2.75) is 6.82 Å². The third-order valence-electron chi connectivity index (χ3n) is 0.231. The van der Waals surface area contributed by atoms with Crippen LogP contribution in [0.25, 0.3) is 0 Å². The summed E-state index contributed by atoms with van der Waals surface area (Å²) in [6.07, 6.45) is 0. The molecule has 0 aromatic carbocycles. The molecule has 0 radical (unpaired) electrons. The molecule has 26 valence electrons. The Balaban J connectivity index is 3.26. The summed E-state index contributed by atoms with van der Waals surface area (Å²) < 4.78 is 0. The molecule has 3 heteroatoms. The molecule has 0 saturated carbocycles. The molecule has 0 nitrogen and oxygen atoms in total. The fourth-order valence-electron chi connectivity index (χ4n) is 0.115. The molecule has 0 aliphatic heterocycles. The molecule has 0 heterocycles. The van der Waals surface area contributed by atoms with Crippen molar-refractivity contribution in [1.29, 1.82) is 0 Å². The first-order chi connectivity index (χ1) is 2.41. The summed E-state index contributed by atoms with van der Waals surface area (Å²) in [7, 11) is 2.87. The second-order valence-corrected chi connectivity index (χ2v) is 3.61. The summed E-state index contributed by atoms with van der Waals surface area (Å²) in [6.45, 7) is 6.35. The van der Waals surface area contributed by atoms with Gasteiger partial charge in [0.15, 0.2) is 0 Å². The Morgan fingerprint density at radius 2 is 2.40 bits per heavy atom. The van der Waals surface area contributed by atoms with Gasteiger partial charge in [-0.05, 0) is 0 Å². The maximum absolute atomic E-state index is 2.14. The molecule has 0 aromatic heterocycles. The Hall–Kier alpha value is 0.795. The van der Waals surface area contributed by atoms with Gasteiger partial charge in [0.2, 0.25) is 0 Å². The molecule has 0 aliphatic rings. The minimum atomic E-state index is 1.43. The van der Waals surface area contributed by atoms with E-state index >= 15 is 0 Å². The van der Waals surface area contributed by atoms with Crippen LogP contribution in [0.5, 0.6) is 0 Å². The first-order valence-corrected chi connectivity index (χ1v) is 4.49. The fraction of sp³-hybridized carbons (Fsp3) is 1.00. The van der Waals surface area contributed by atoms with Crippen molar-refractivity contribution in [3.05, 3.63) is 0 Å². The number of rotatable bonds is 0. The van der Waals surface area contributed by atoms with Gasteiger partial charge in [-0.3, -0.25) is 0 Å². The topological polar surface area (TPSA) is 0 Å². The third kappa shape index (κ3) is 4.79. The van der Waals surface area contributed by atoms with Gasteiger partial charge in [0.05, 0.1) is 0 Å². The van der Waals surface area contributed by atoms with Crippen molar-refractivity contribution in [2.24, 2.45) is 0 Å². The van der Waals surface area contributed by atoms with Gasteiger partial charge in [-0.2, -0.15) is 0 Å². The van der Waals surface area contributed by atoms with Crippen molar-refractivity contribution in [2.75, 3.05) is 6.66 Å². The van der Waals surface area contributed by atoms with Crippen molar-refractivity contribution >= 4 is 21.8 Å². The zero-order valence-corrected chi connectivity index (χ0v) is 5.26. The quantitative estimate of drug-likeness (QED) is 0.325. The summed E-state index contributed by atoms with van der Waals surface area (Å²) in [5, 5.41) is 0. The van der Waals surface area contributed by atoms with Crippen LogP contribution in [0, 0.1) is 0 Å². The van der Waals surface area contributed by atoms with E-state index in [2.05, 4.69) is 20.1 Å². The van der Waals surface area contributed by atoms with E-state index in [1.807, 2.05) is 0 Å². The van der Waals surface area contributed by atoms with Crippen LogP contribution in [-0.4, -0.2) is 13.3 Å². The van der Waals surface area contributed by atoms with Crippen LogP contribution in [-0.2, 0) is 0 Å². The van der Waals surface area contributed by atoms with Crippen LogP contribution in [0.4, 0.5) is 0 Å². The van der Waals surface area contributed by atoms with E-state index in [1.165, 1.54) is 15.2 Å². The van der Waals surface area contributed by atoms with Crippen molar-refractivity contribution < 1.29 is 0 Å².